The van der Waals surface area contributed by atoms with Crippen LogP contribution >= 0.6 is 12.2 Å². The molecule has 1 amide bonds. The Kier molecular flexibility index (Phi) is 5.50. The van der Waals surface area contributed by atoms with E-state index in [-0.39, 0.29) is 12.2 Å². The Bertz CT molecular complexity index is 900. The van der Waals surface area contributed by atoms with Crippen LogP contribution in [0.1, 0.15) is 31.1 Å². The van der Waals surface area contributed by atoms with Gasteiger partial charge in [0.2, 0.25) is 0 Å². The zero-order chi connectivity index (χ0) is 17.9. The number of H-pyrrole nitrogens is 1. The molecule has 0 saturated heterocycles. The van der Waals surface area contributed by atoms with E-state index in [1.54, 1.807) is 26.0 Å². The number of carbonyl (C=O) groups is 2. The van der Waals surface area contributed by atoms with Gasteiger partial charge in [-0.15, -0.1) is 0 Å². The number of rotatable bonds is 5. The van der Waals surface area contributed by atoms with E-state index in [2.05, 4.69) is 10.3 Å². The highest BCUT2D eigenvalue weighted by Crippen LogP contribution is 2.11. The van der Waals surface area contributed by atoms with Crippen LogP contribution in [-0.4, -0.2) is 34.1 Å². The number of benzene rings is 1. The summed E-state index contributed by atoms with van der Waals surface area (Å²) in [6.45, 7) is 5.78. The maximum absolute atomic E-state index is 12.3. The first-order valence-corrected chi connectivity index (χ1v) is 8.04. The van der Waals surface area contributed by atoms with Crippen molar-refractivity contribution in [3.8, 4) is 0 Å². The third-order valence-corrected chi connectivity index (χ3v) is 3.87. The second-order valence-corrected chi connectivity index (χ2v) is 5.57. The summed E-state index contributed by atoms with van der Waals surface area (Å²) in [6.07, 6.45) is 0. The topological polar surface area (TPSA) is 93.2 Å². The van der Waals surface area contributed by atoms with Crippen LogP contribution in [0.3, 0.4) is 0 Å². The summed E-state index contributed by atoms with van der Waals surface area (Å²) in [5.74, 6) is -0.937. The summed E-state index contributed by atoms with van der Waals surface area (Å²) < 4.78 is 6.59. The molecule has 1 heterocycles. The third-order valence-electron chi connectivity index (χ3n) is 3.55. The van der Waals surface area contributed by atoms with Gasteiger partial charge in [0.25, 0.3) is 11.5 Å². The summed E-state index contributed by atoms with van der Waals surface area (Å²) in [4.78, 5) is 39.1. The fourth-order valence-corrected chi connectivity index (χ4v) is 2.61. The van der Waals surface area contributed by atoms with Crippen LogP contribution in [0.4, 0.5) is 0 Å². The number of fused-ring (bicyclic) bond motifs is 1. The van der Waals surface area contributed by atoms with Crippen LogP contribution in [0.2, 0.25) is 0 Å². The lowest BCUT2D eigenvalue weighted by Crippen LogP contribution is -2.39. The van der Waals surface area contributed by atoms with Gasteiger partial charge in [0.05, 0.1) is 17.5 Å². The van der Waals surface area contributed by atoms with Gasteiger partial charge in [-0.3, -0.25) is 14.2 Å². The minimum atomic E-state index is -0.764. The molecule has 0 spiro atoms. The Labute approximate surface area is 143 Å². The molecule has 8 heteroatoms. The number of nitrogens with one attached hydrogen (secondary N) is 2. The fraction of sp³-hybridized carbons (Fsp3) is 0.375. The highest BCUT2D eigenvalue weighted by atomic mass is 32.1. The number of ether oxygens (including phenoxy) is 1. The van der Waals surface area contributed by atoms with Crippen LogP contribution in [-0.2, 0) is 16.1 Å². The van der Waals surface area contributed by atoms with Gasteiger partial charge in [0, 0.05) is 12.1 Å². The predicted octanol–water partition coefficient (Wildman–Crippen LogP) is 1.76. The molecule has 1 atom stereocenters. The van der Waals surface area contributed by atoms with E-state index in [0.717, 1.165) is 0 Å². The Morgan fingerprint density at radius 1 is 1.38 bits per heavy atom. The van der Waals surface area contributed by atoms with Gasteiger partial charge >= 0.3 is 5.97 Å². The largest absolute Gasteiger partial charge is 0.464 e. The summed E-state index contributed by atoms with van der Waals surface area (Å²) >= 11 is 5.15. The number of esters is 1. The molecule has 0 aliphatic carbocycles. The van der Waals surface area contributed by atoms with Crippen molar-refractivity contribution in [1.82, 2.24) is 14.9 Å². The number of hydrogen-bond donors (Lipinski definition) is 2. The summed E-state index contributed by atoms with van der Waals surface area (Å²) in [5.41, 5.74) is 0.590. The predicted molar refractivity (Wildman–Crippen MR) is 92.6 cm³/mol. The molecule has 0 radical (unpaired) electrons. The molecule has 0 aliphatic heterocycles. The molecule has 0 aliphatic rings. The average Bonchev–Trinajstić information content (AvgIpc) is 2.54. The van der Waals surface area contributed by atoms with Crippen molar-refractivity contribution >= 4 is 35.0 Å². The quantitative estimate of drug-likeness (QED) is 0.634. The number of aromatic nitrogens is 2. The molecule has 0 fully saturated rings. The van der Waals surface area contributed by atoms with E-state index < -0.39 is 17.9 Å². The number of aromatic amines is 1. The van der Waals surface area contributed by atoms with Crippen molar-refractivity contribution in [2.24, 2.45) is 0 Å². The molecular formula is C16H19N3O4S. The lowest BCUT2D eigenvalue weighted by atomic mass is 10.1. The van der Waals surface area contributed by atoms with Crippen molar-refractivity contribution in [3.63, 3.8) is 0 Å². The van der Waals surface area contributed by atoms with Gasteiger partial charge in [-0.25, -0.2) is 4.79 Å². The standard InChI is InChI=1S/C16H19N3O4S/c1-4-19-14(21)11-7-6-10(8-12(11)18-16(19)24)13(20)17-9(3)15(22)23-5-2/h6-9H,4-5H2,1-3H3,(H,17,20)(H,18,24). The highest BCUT2D eigenvalue weighted by Gasteiger charge is 2.18. The first-order chi connectivity index (χ1) is 11.4. The van der Waals surface area contributed by atoms with E-state index >= 15 is 0 Å². The average molecular weight is 349 g/mol. The Balaban J connectivity index is 2.34. The van der Waals surface area contributed by atoms with Crippen molar-refractivity contribution in [2.75, 3.05) is 6.61 Å². The Morgan fingerprint density at radius 2 is 2.08 bits per heavy atom. The van der Waals surface area contributed by atoms with Crippen molar-refractivity contribution in [2.45, 2.75) is 33.4 Å². The first-order valence-electron chi connectivity index (χ1n) is 7.63. The van der Waals surface area contributed by atoms with Gasteiger partial charge in [0.15, 0.2) is 4.77 Å². The number of amides is 1. The number of carbonyl (C=O) groups excluding carboxylic acids is 2. The van der Waals surface area contributed by atoms with E-state index in [0.29, 0.717) is 27.8 Å². The number of nitrogens with zero attached hydrogens (tertiary/aromatic N) is 1. The zero-order valence-corrected chi connectivity index (χ0v) is 14.5. The maximum Gasteiger partial charge on any atom is 0.328 e. The zero-order valence-electron chi connectivity index (χ0n) is 13.7. The molecule has 7 nitrogen and oxygen atoms in total. The summed E-state index contributed by atoms with van der Waals surface area (Å²) in [5, 5.41) is 3.01. The van der Waals surface area contributed by atoms with Crippen LogP contribution in [0.5, 0.6) is 0 Å². The molecule has 2 aromatic rings. The van der Waals surface area contributed by atoms with Gasteiger partial charge < -0.3 is 15.0 Å². The van der Waals surface area contributed by atoms with Gasteiger partial charge in [-0.2, -0.15) is 0 Å². The van der Waals surface area contributed by atoms with Gasteiger partial charge in [-0.1, -0.05) is 0 Å². The Hall–Kier alpha value is -2.48. The number of hydrogen-bond acceptors (Lipinski definition) is 5. The van der Waals surface area contributed by atoms with E-state index in [1.165, 1.54) is 10.6 Å². The molecule has 0 bridgehead atoms. The molecular weight excluding hydrogens is 330 g/mol. The van der Waals surface area contributed by atoms with Crippen LogP contribution in [0.25, 0.3) is 10.9 Å². The van der Waals surface area contributed by atoms with Crippen molar-refractivity contribution < 1.29 is 14.3 Å². The molecule has 128 valence electrons. The molecule has 1 aromatic heterocycles. The monoisotopic (exact) mass is 349 g/mol. The minimum absolute atomic E-state index is 0.205. The molecule has 1 unspecified atom stereocenters. The molecule has 0 saturated carbocycles. The summed E-state index contributed by atoms with van der Waals surface area (Å²) in [6, 6.07) is 3.88. The van der Waals surface area contributed by atoms with E-state index in [4.69, 9.17) is 17.0 Å². The molecule has 1 aromatic carbocycles. The fourth-order valence-electron chi connectivity index (χ4n) is 2.29. The van der Waals surface area contributed by atoms with Crippen LogP contribution in [0, 0.1) is 4.77 Å². The maximum atomic E-state index is 12.3. The van der Waals surface area contributed by atoms with E-state index in [9.17, 15) is 14.4 Å². The Morgan fingerprint density at radius 3 is 2.71 bits per heavy atom. The van der Waals surface area contributed by atoms with Crippen molar-refractivity contribution in [3.05, 3.63) is 38.9 Å². The second kappa shape index (κ2) is 7.39. The second-order valence-electron chi connectivity index (χ2n) is 5.19. The molecule has 2 rings (SSSR count). The van der Waals surface area contributed by atoms with Crippen molar-refractivity contribution in [1.29, 1.82) is 0 Å². The molecule has 2 N–H and O–H groups in total. The third kappa shape index (κ3) is 3.53. The van der Waals surface area contributed by atoms with Gasteiger partial charge in [0.1, 0.15) is 6.04 Å². The highest BCUT2D eigenvalue weighted by molar-refractivity contribution is 7.71. The van der Waals surface area contributed by atoms with Crippen LogP contribution in [0.15, 0.2) is 23.0 Å². The minimum Gasteiger partial charge on any atom is -0.464 e. The summed E-state index contributed by atoms with van der Waals surface area (Å²) in [7, 11) is 0. The first kappa shape index (κ1) is 17.9. The molecule has 24 heavy (non-hydrogen) atoms. The lowest BCUT2D eigenvalue weighted by molar-refractivity contribution is -0.144. The SMILES string of the molecule is CCOC(=O)C(C)NC(=O)c1ccc2c(=O)n(CC)c(=S)[nH]c2c1. The normalized spacial score (nSPS) is 12.0. The van der Waals surface area contributed by atoms with Gasteiger partial charge in [-0.05, 0) is 51.2 Å². The smallest absolute Gasteiger partial charge is 0.328 e. The lowest BCUT2D eigenvalue weighted by Gasteiger charge is -2.13. The van der Waals surface area contributed by atoms with Crippen LogP contribution < -0.4 is 10.9 Å². The van der Waals surface area contributed by atoms with E-state index in [1.807, 2.05) is 6.92 Å².